The van der Waals surface area contributed by atoms with Gasteiger partial charge in [0.15, 0.2) is 17.1 Å². The van der Waals surface area contributed by atoms with E-state index in [1.54, 1.807) is 0 Å². The molecule has 0 saturated carbocycles. The number of nitrogens with zero attached hydrogens (tertiary/aromatic N) is 1. The Morgan fingerprint density at radius 1 is 1.21 bits per heavy atom. The van der Waals surface area contributed by atoms with E-state index >= 15 is 0 Å². The lowest BCUT2D eigenvalue weighted by Crippen LogP contribution is -2.29. The second-order valence-corrected chi connectivity index (χ2v) is 7.32. The first-order valence-corrected chi connectivity index (χ1v) is 8.74. The van der Waals surface area contributed by atoms with Crippen LogP contribution in [0, 0.1) is 5.92 Å². The van der Waals surface area contributed by atoms with Gasteiger partial charge in [0.25, 0.3) is 0 Å². The minimum absolute atomic E-state index is 0.0815. The highest BCUT2D eigenvalue weighted by Gasteiger charge is 2.43. The monoisotopic (exact) mass is 333 g/mol. The highest BCUT2D eigenvalue weighted by molar-refractivity contribution is 6.02. The SMILES string of the molecule is CC(C)COc1ccc(C2=NOC3(CCOC3)C2)cc1OC(C)C. The molecule has 24 heavy (non-hydrogen) atoms. The van der Waals surface area contributed by atoms with E-state index in [0.29, 0.717) is 19.1 Å². The van der Waals surface area contributed by atoms with Crippen LogP contribution in [0.2, 0.25) is 0 Å². The fourth-order valence-corrected chi connectivity index (χ4v) is 2.89. The Balaban J connectivity index is 1.79. The first kappa shape index (κ1) is 17.1. The Morgan fingerprint density at radius 3 is 2.71 bits per heavy atom. The van der Waals surface area contributed by atoms with Crippen molar-refractivity contribution < 1.29 is 19.0 Å². The average Bonchev–Trinajstić information content (AvgIpc) is 3.16. The van der Waals surface area contributed by atoms with Crippen molar-refractivity contribution in [2.45, 2.75) is 52.2 Å². The average molecular weight is 333 g/mol. The van der Waals surface area contributed by atoms with Crippen LogP contribution >= 0.6 is 0 Å². The van der Waals surface area contributed by atoms with Crippen molar-refractivity contribution in [1.29, 1.82) is 0 Å². The van der Waals surface area contributed by atoms with Gasteiger partial charge in [0.1, 0.15) is 0 Å². The molecule has 0 aromatic heterocycles. The number of hydrogen-bond acceptors (Lipinski definition) is 5. The largest absolute Gasteiger partial charge is 0.489 e. The molecule has 2 aliphatic heterocycles. The zero-order chi connectivity index (χ0) is 17.2. The van der Waals surface area contributed by atoms with Gasteiger partial charge in [0.05, 0.1) is 31.6 Å². The number of hydrogen-bond donors (Lipinski definition) is 0. The molecule has 1 spiro atoms. The summed E-state index contributed by atoms with van der Waals surface area (Å²) >= 11 is 0. The van der Waals surface area contributed by atoms with E-state index in [1.165, 1.54) is 0 Å². The summed E-state index contributed by atoms with van der Waals surface area (Å²) in [4.78, 5) is 5.69. The second kappa shape index (κ2) is 7.01. The van der Waals surface area contributed by atoms with Crippen LogP contribution in [0.4, 0.5) is 0 Å². The number of ether oxygens (including phenoxy) is 3. The fraction of sp³-hybridized carbons (Fsp3) is 0.632. The summed E-state index contributed by atoms with van der Waals surface area (Å²) in [7, 11) is 0. The van der Waals surface area contributed by atoms with E-state index in [4.69, 9.17) is 19.0 Å². The summed E-state index contributed by atoms with van der Waals surface area (Å²) < 4.78 is 17.3. The molecule has 1 saturated heterocycles. The molecule has 1 atom stereocenters. The van der Waals surface area contributed by atoms with Gasteiger partial charge in [-0.2, -0.15) is 0 Å². The molecule has 3 rings (SSSR count). The van der Waals surface area contributed by atoms with Gasteiger partial charge in [-0.3, -0.25) is 0 Å². The van der Waals surface area contributed by atoms with Crippen LogP contribution in [-0.4, -0.2) is 37.2 Å². The Hall–Kier alpha value is -1.75. The topological polar surface area (TPSA) is 49.3 Å². The molecule has 5 nitrogen and oxygen atoms in total. The molecule has 1 unspecified atom stereocenters. The van der Waals surface area contributed by atoms with Crippen molar-refractivity contribution in [2.75, 3.05) is 19.8 Å². The molecular weight excluding hydrogens is 306 g/mol. The summed E-state index contributed by atoms with van der Waals surface area (Å²) in [5.74, 6) is 2.00. The molecule has 0 bridgehead atoms. The van der Waals surface area contributed by atoms with Crippen LogP contribution in [0.15, 0.2) is 23.4 Å². The predicted octanol–water partition coefficient (Wildman–Crippen LogP) is 3.79. The lowest BCUT2D eigenvalue weighted by Gasteiger charge is -2.18. The molecule has 5 heteroatoms. The Bertz CT molecular complexity index is 603. The Morgan fingerprint density at radius 2 is 2.04 bits per heavy atom. The summed E-state index contributed by atoms with van der Waals surface area (Å²) in [5.41, 5.74) is 1.71. The Labute approximate surface area is 143 Å². The zero-order valence-corrected chi connectivity index (χ0v) is 15.0. The Kier molecular flexibility index (Phi) is 4.99. The van der Waals surface area contributed by atoms with Gasteiger partial charge in [0.2, 0.25) is 0 Å². The van der Waals surface area contributed by atoms with Crippen LogP contribution < -0.4 is 9.47 Å². The molecule has 1 aromatic carbocycles. The van der Waals surface area contributed by atoms with Crippen molar-refractivity contribution in [1.82, 2.24) is 0 Å². The van der Waals surface area contributed by atoms with E-state index < -0.39 is 0 Å². The number of rotatable bonds is 6. The van der Waals surface area contributed by atoms with Crippen LogP contribution in [-0.2, 0) is 9.57 Å². The first-order chi connectivity index (χ1) is 11.5. The molecule has 1 aromatic rings. The maximum absolute atomic E-state index is 5.95. The van der Waals surface area contributed by atoms with Crippen LogP contribution in [0.3, 0.4) is 0 Å². The highest BCUT2D eigenvalue weighted by Crippen LogP contribution is 2.36. The maximum Gasteiger partial charge on any atom is 0.168 e. The van der Waals surface area contributed by atoms with Crippen molar-refractivity contribution in [3.05, 3.63) is 23.8 Å². The number of oxime groups is 1. The highest BCUT2D eigenvalue weighted by atomic mass is 16.7. The molecule has 0 radical (unpaired) electrons. The van der Waals surface area contributed by atoms with Gasteiger partial charge in [0, 0.05) is 18.4 Å². The molecular formula is C19H27NO4. The van der Waals surface area contributed by atoms with E-state index in [9.17, 15) is 0 Å². The third-order valence-corrected chi connectivity index (χ3v) is 4.12. The maximum atomic E-state index is 5.95. The molecule has 1 fully saturated rings. The second-order valence-electron chi connectivity index (χ2n) is 7.32. The van der Waals surface area contributed by atoms with Crippen LogP contribution in [0.25, 0.3) is 0 Å². The predicted molar refractivity (Wildman–Crippen MR) is 92.9 cm³/mol. The standard InChI is InChI=1S/C19H27NO4/c1-13(2)11-22-17-6-5-15(9-18(17)23-14(3)4)16-10-19(24-20-16)7-8-21-12-19/h5-6,9,13-14H,7-8,10-12H2,1-4H3. The minimum Gasteiger partial charge on any atom is -0.489 e. The normalized spacial score (nSPS) is 23.0. The fourth-order valence-electron chi connectivity index (χ4n) is 2.89. The third-order valence-electron chi connectivity index (χ3n) is 4.12. The van der Waals surface area contributed by atoms with Crippen molar-refractivity contribution in [2.24, 2.45) is 11.1 Å². The van der Waals surface area contributed by atoms with Gasteiger partial charge in [-0.15, -0.1) is 0 Å². The van der Waals surface area contributed by atoms with Gasteiger partial charge in [-0.25, -0.2) is 0 Å². The molecule has 2 heterocycles. The summed E-state index contributed by atoms with van der Waals surface area (Å²) in [6.45, 7) is 10.3. The quantitative estimate of drug-likeness (QED) is 0.795. The number of benzene rings is 1. The van der Waals surface area contributed by atoms with Crippen LogP contribution in [0.5, 0.6) is 11.5 Å². The molecule has 0 aliphatic carbocycles. The van der Waals surface area contributed by atoms with Gasteiger partial charge in [-0.05, 0) is 38.0 Å². The molecule has 132 valence electrons. The third kappa shape index (κ3) is 3.83. The van der Waals surface area contributed by atoms with Crippen LogP contribution in [0.1, 0.15) is 46.1 Å². The van der Waals surface area contributed by atoms with E-state index in [0.717, 1.165) is 42.2 Å². The summed E-state index contributed by atoms with van der Waals surface area (Å²) in [5, 5.41) is 4.31. The van der Waals surface area contributed by atoms with Crippen molar-refractivity contribution in [3.8, 4) is 11.5 Å². The van der Waals surface area contributed by atoms with Gasteiger partial charge < -0.3 is 19.0 Å². The summed E-state index contributed by atoms with van der Waals surface area (Å²) in [6, 6.07) is 6.00. The van der Waals surface area contributed by atoms with E-state index in [-0.39, 0.29) is 11.7 Å². The van der Waals surface area contributed by atoms with Crippen molar-refractivity contribution in [3.63, 3.8) is 0 Å². The van der Waals surface area contributed by atoms with Gasteiger partial charge >= 0.3 is 0 Å². The lowest BCUT2D eigenvalue weighted by molar-refractivity contribution is -0.0237. The van der Waals surface area contributed by atoms with Gasteiger partial charge in [-0.1, -0.05) is 19.0 Å². The molecule has 0 N–H and O–H groups in total. The zero-order valence-electron chi connectivity index (χ0n) is 15.0. The lowest BCUT2D eigenvalue weighted by atomic mass is 9.93. The molecule has 2 aliphatic rings. The van der Waals surface area contributed by atoms with E-state index in [2.05, 4.69) is 19.0 Å². The first-order valence-electron chi connectivity index (χ1n) is 8.74. The molecule has 0 amide bonds. The smallest absolute Gasteiger partial charge is 0.168 e. The minimum atomic E-state index is -0.263. The summed E-state index contributed by atoms with van der Waals surface area (Å²) in [6.07, 6.45) is 1.75. The van der Waals surface area contributed by atoms with E-state index in [1.807, 2.05) is 32.0 Å². The van der Waals surface area contributed by atoms with Crippen molar-refractivity contribution >= 4 is 5.71 Å².